The maximum absolute atomic E-state index is 10.6. The van der Waals surface area contributed by atoms with Gasteiger partial charge in [-0.25, -0.2) is 4.79 Å². The number of carbonyl (C=O) groups is 1. The van der Waals surface area contributed by atoms with Gasteiger partial charge in [0, 0.05) is 5.25 Å². The highest BCUT2D eigenvalue weighted by molar-refractivity contribution is 8.01. The van der Waals surface area contributed by atoms with Gasteiger partial charge in [-0.1, -0.05) is 40.0 Å². The van der Waals surface area contributed by atoms with Crippen molar-refractivity contribution in [3.05, 3.63) is 0 Å². The van der Waals surface area contributed by atoms with Gasteiger partial charge < -0.3 is 10.2 Å². The molecule has 96 valence electrons. The predicted molar refractivity (Wildman–Crippen MR) is 68.6 cm³/mol. The Hall–Kier alpha value is -0.220. The summed E-state index contributed by atoms with van der Waals surface area (Å²) in [5.74, 6) is -0.613. The van der Waals surface area contributed by atoms with Crippen molar-refractivity contribution < 1.29 is 15.0 Å². The van der Waals surface area contributed by atoms with E-state index in [1.54, 1.807) is 0 Å². The van der Waals surface area contributed by atoms with E-state index in [0.29, 0.717) is 5.92 Å². The van der Waals surface area contributed by atoms with Crippen LogP contribution < -0.4 is 0 Å². The number of aliphatic carboxylic acids is 1. The molecule has 2 N–H and O–H groups in total. The van der Waals surface area contributed by atoms with E-state index in [0.717, 1.165) is 19.3 Å². The number of hydrogen-bond donors (Lipinski definition) is 2. The molecule has 0 aromatic heterocycles. The highest BCUT2D eigenvalue weighted by Crippen LogP contribution is 2.31. The van der Waals surface area contributed by atoms with Crippen molar-refractivity contribution in [2.24, 2.45) is 5.92 Å². The molecule has 0 bridgehead atoms. The topological polar surface area (TPSA) is 57.5 Å². The van der Waals surface area contributed by atoms with E-state index >= 15 is 0 Å². The number of thioether (sulfide) groups is 1. The number of carboxylic acid groups (broad SMARTS) is 1. The third-order valence-corrected chi connectivity index (χ3v) is 4.42. The van der Waals surface area contributed by atoms with Crippen molar-refractivity contribution in [3.8, 4) is 0 Å². The Morgan fingerprint density at radius 1 is 1.25 bits per heavy atom. The molecule has 0 radical (unpaired) electrons. The first-order valence-corrected chi connectivity index (χ1v) is 7.07. The van der Waals surface area contributed by atoms with Gasteiger partial charge in [0.25, 0.3) is 0 Å². The van der Waals surface area contributed by atoms with E-state index < -0.39 is 11.4 Å². The lowest BCUT2D eigenvalue weighted by Gasteiger charge is -2.25. The summed E-state index contributed by atoms with van der Waals surface area (Å²) < 4.78 is 0. The minimum atomic E-state index is -1.28. The summed E-state index contributed by atoms with van der Waals surface area (Å²) in [6.07, 6.45) is 5.44. The molecule has 0 amide bonds. The summed E-state index contributed by atoms with van der Waals surface area (Å²) in [5, 5.41) is 18.3. The second-order valence-corrected chi connectivity index (χ2v) is 5.41. The van der Waals surface area contributed by atoms with Gasteiger partial charge >= 0.3 is 5.97 Å². The van der Waals surface area contributed by atoms with Crippen LogP contribution in [0.2, 0.25) is 0 Å². The fourth-order valence-corrected chi connectivity index (χ4v) is 3.07. The van der Waals surface area contributed by atoms with Crippen LogP contribution in [0, 0.1) is 5.92 Å². The normalized spacial score (nSPS) is 16.8. The number of unbranched alkanes of at least 4 members (excludes halogenated alkanes) is 1. The molecule has 0 aromatic rings. The first kappa shape index (κ1) is 15.8. The van der Waals surface area contributed by atoms with Crippen LogP contribution in [0.5, 0.6) is 0 Å². The molecule has 0 aliphatic carbocycles. The highest BCUT2D eigenvalue weighted by Gasteiger charge is 2.24. The minimum Gasteiger partial charge on any atom is -0.479 e. The van der Waals surface area contributed by atoms with Gasteiger partial charge in [0.05, 0.1) is 0 Å². The smallest absolute Gasteiger partial charge is 0.343 e. The van der Waals surface area contributed by atoms with Crippen molar-refractivity contribution in [2.45, 2.75) is 63.6 Å². The van der Waals surface area contributed by atoms with E-state index in [9.17, 15) is 9.90 Å². The lowest BCUT2D eigenvalue weighted by Crippen LogP contribution is -2.24. The SMILES string of the molecule is CCCCC(CC)C(CC)SC(O)C(=O)O. The van der Waals surface area contributed by atoms with Gasteiger partial charge in [-0.2, -0.15) is 0 Å². The first-order valence-electron chi connectivity index (χ1n) is 6.13. The number of hydrogen-bond acceptors (Lipinski definition) is 3. The van der Waals surface area contributed by atoms with Gasteiger partial charge in [0.1, 0.15) is 0 Å². The van der Waals surface area contributed by atoms with Gasteiger partial charge in [0.15, 0.2) is 5.44 Å². The van der Waals surface area contributed by atoms with E-state index in [4.69, 9.17) is 5.11 Å². The van der Waals surface area contributed by atoms with E-state index in [2.05, 4.69) is 20.8 Å². The fourth-order valence-electron chi connectivity index (χ4n) is 1.88. The molecule has 0 aliphatic rings. The molecule has 0 aliphatic heterocycles. The molecule has 3 nitrogen and oxygen atoms in total. The zero-order valence-corrected chi connectivity index (χ0v) is 11.3. The zero-order valence-electron chi connectivity index (χ0n) is 10.5. The second-order valence-electron chi connectivity index (χ2n) is 4.08. The Bertz CT molecular complexity index is 197. The third-order valence-electron chi connectivity index (χ3n) is 2.90. The number of aliphatic hydroxyl groups excluding tert-OH is 1. The van der Waals surface area contributed by atoms with Gasteiger partial charge in [-0.05, 0) is 18.8 Å². The van der Waals surface area contributed by atoms with E-state index in [1.807, 2.05) is 0 Å². The molecule has 0 spiro atoms. The van der Waals surface area contributed by atoms with Crippen LogP contribution >= 0.6 is 11.8 Å². The summed E-state index contributed by atoms with van der Waals surface area (Å²) >= 11 is 1.19. The average molecular weight is 248 g/mol. The molecule has 16 heavy (non-hydrogen) atoms. The van der Waals surface area contributed by atoms with Gasteiger partial charge in [-0.3, -0.25) is 0 Å². The largest absolute Gasteiger partial charge is 0.479 e. The Kier molecular flexibility index (Phi) is 8.76. The quantitative estimate of drug-likeness (QED) is 0.616. The Balaban J connectivity index is 4.25. The number of carboxylic acids is 1. The average Bonchev–Trinajstić information content (AvgIpc) is 2.27. The zero-order chi connectivity index (χ0) is 12.6. The lowest BCUT2D eigenvalue weighted by atomic mass is 9.94. The molecule has 0 aromatic carbocycles. The van der Waals surface area contributed by atoms with Crippen molar-refractivity contribution in [1.82, 2.24) is 0 Å². The van der Waals surface area contributed by atoms with E-state index in [-0.39, 0.29) is 5.25 Å². The monoisotopic (exact) mass is 248 g/mol. The molecule has 4 heteroatoms. The first-order chi connectivity index (χ1) is 7.56. The number of rotatable bonds is 9. The van der Waals surface area contributed by atoms with Gasteiger partial charge in [-0.15, -0.1) is 11.8 Å². The Morgan fingerprint density at radius 3 is 2.25 bits per heavy atom. The molecule has 3 atom stereocenters. The highest BCUT2D eigenvalue weighted by atomic mass is 32.2. The molecular formula is C12H24O3S. The third kappa shape index (κ3) is 5.75. The summed E-state index contributed by atoms with van der Waals surface area (Å²) in [6.45, 7) is 6.35. The summed E-state index contributed by atoms with van der Waals surface area (Å²) in [4.78, 5) is 10.6. The van der Waals surface area contributed by atoms with Crippen LogP contribution in [0.4, 0.5) is 0 Å². The molecule has 0 saturated carbocycles. The van der Waals surface area contributed by atoms with Crippen molar-refractivity contribution in [1.29, 1.82) is 0 Å². The van der Waals surface area contributed by atoms with Crippen molar-refractivity contribution in [3.63, 3.8) is 0 Å². The lowest BCUT2D eigenvalue weighted by molar-refractivity contribution is -0.141. The molecule has 0 heterocycles. The standard InChI is InChI=1S/C12H24O3S/c1-4-7-8-9(5-2)10(6-3)16-12(15)11(13)14/h9-10,12,15H,4-8H2,1-3H3,(H,13,14). The van der Waals surface area contributed by atoms with Crippen LogP contribution in [0.3, 0.4) is 0 Å². The van der Waals surface area contributed by atoms with Crippen LogP contribution in [0.25, 0.3) is 0 Å². The summed E-state index contributed by atoms with van der Waals surface area (Å²) in [5.41, 5.74) is -1.28. The molecular weight excluding hydrogens is 224 g/mol. The number of aliphatic hydroxyl groups is 1. The van der Waals surface area contributed by atoms with Crippen LogP contribution in [0.1, 0.15) is 52.9 Å². The molecule has 0 rings (SSSR count). The predicted octanol–water partition coefficient (Wildman–Crippen LogP) is 3.12. The summed E-state index contributed by atoms with van der Waals surface area (Å²) in [7, 11) is 0. The Morgan fingerprint density at radius 2 is 1.88 bits per heavy atom. The minimum absolute atomic E-state index is 0.252. The Labute approximate surface area is 103 Å². The molecule has 0 fully saturated rings. The van der Waals surface area contributed by atoms with Crippen molar-refractivity contribution >= 4 is 17.7 Å². The van der Waals surface area contributed by atoms with Gasteiger partial charge in [0.2, 0.25) is 0 Å². The maximum atomic E-state index is 10.6. The fraction of sp³-hybridized carbons (Fsp3) is 0.917. The summed E-state index contributed by atoms with van der Waals surface area (Å²) in [6, 6.07) is 0. The van der Waals surface area contributed by atoms with Crippen LogP contribution in [0.15, 0.2) is 0 Å². The molecule has 0 saturated heterocycles. The van der Waals surface area contributed by atoms with Crippen LogP contribution in [-0.2, 0) is 4.79 Å². The van der Waals surface area contributed by atoms with Crippen LogP contribution in [-0.4, -0.2) is 26.9 Å². The second kappa shape index (κ2) is 8.88. The maximum Gasteiger partial charge on any atom is 0.343 e. The molecule has 3 unspecified atom stereocenters. The van der Waals surface area contributed by atoms with E-state index in [1.165, 1.54) is 24.6 Å². The van der Waals surface area contributed by atoms with Crippen molar-refractivity contribution in [2.75, 3.05) is 0 Å².